The van der Waals surface area contributed by atoms with Gasteiger partial charge in [0.2, 0.25) is 0 Å². The fraction of sp³-hybridized carbons (Fsp3) is 0.0588. The quantitative estimate of drug-likeness (QED) is 0.712. The van der Waals surface area contributed by atoms with Crippen LogP contribution in [0.1, 0.15) is 10.4 Å². The van der Waals surface area contributed by atoms with E-state index in [-0.39, 0.29) is 10.7 Å². The Morgan fingerprint density at radius 3 is 2.44 bits per heavy atom. The van der Waals surface area contributed by atoms with Crippen LogP contribution in [0.25, 0.3) is 11.3 Å². The van der Waals surface area contributed by atoms with Crippen molar-refractivity contribution in [3.05, 3.63) is 65.5 Å². The van der Waals surface area contributed by atoms with Crippen LogP contribution in [-0.4, -0.2) is 17.3 Å². The third kappa shape index (κ3) is 4.36. The monoisotopic (exact) mass is 364 g/mol. The van der Waals surface area contributed by atoms with Crippen LogP contribution in [-0.2, 0) is 0 Å². The molecule has 0 fully saturated rings. The van der Waals surface area contributed by atoms with Crippen molar-refractivity contribution >= 4 is 22.4 Å². The molecule has 8 heteroatoms. The maximum Gasteiger partial charge on any atom is 0.573 e. The van der Waals surface area contributed by atoms with Crippen LogP contribution in [0.5, 0.6) is 5.75 Å². The van der Waals surface area contributed by atoms with Crippen molar-refractivity contribution < 1.29 is 22.7 Å². The summed E-state index contributed by atoms with van der Waals surface area (Å²) >= 11 is 1.18. The van der Waals surface area contributed by atoms with Gasteiger partial charge in [0, 0.05) is 10.9 Å². The van der Waals surface area contributed by atoms with Gasteiger partial charge in [-0.3, -0.25) is 10.1 Å². The van der Waals surface area contributed by atoms with Gasteiger partial charge in [0.05, 0.1) is 11.3 Å². The predicted octanol–water partition coefficient (Wildman–Crippen LogP) is 4.96. The fourth-order valence-corrected chi connectivity index (χ4v) is 2.82. The molecule has 1 amide bonds. The van der Waals surface area contributed by atoms with E-state index in [1.54, 1.807) is 5.38 Å². The number of ether oxygens (including phenoxy) is 1. The summed E-state index contributed by atoms with van der Waals surface area (Å²) < 4.78 is 41.2. The molecule has 0 aliphatic heterocycles. The number of nitrogens with one attached hydrogen (secondary N) is 1. The summed E-state index contributed by atoms with van der Waals surface area (Å²) in [7, 11) is 0. The smallest absolute Gasteiger partial charge is 0.405 e. The van der Waals surface area contributed by atoms with Gasteiger partial charge in [0.1, 0.15) is 5.75 Å². The van der Waals surface area contributed by atoms with Crippen LogP contribution in [0, 0.1) is 0 Å². The number of thiazole rings is 1. The highest BCUT2D eigenvalue weighted by atomic mass is 32.1. The number of carbonyl (C=O) groups is 1. The first-order valence-corrected chi connectivity index (χ1v) is 7.97. The zero-order valence-electron chi connectivity index (χ0n) is 12.6. The number of hydrogen-bond acceptors (Lipinski definition) is 4. The Hall–Kier alpha value is -2.87. The first kappa shape index (κ1) is 17.0. The molecule has 4 nitrogen and oxygen atoms in total. The number of anilines is 1. The first-order chi connectivity index (χ1) is 11.9. The third-order valence-electron chi connectivity index (χ3n) is 3.15. The summed E-state index contributed by atoms with van der Waals surface area (Å²) in [4.78, 5) is 16.5. The van der Waals surface area contributed by atoms with Crippen LogP contribution < -0.4 is 10.1 Å². The molecule has 1 N–H and O–H groups in total. The second-order valence-electron chi connectivity index (χ2n) is 4.90. The van der Waals surface area contributed by atoms with Crippen molar-refractivity contribution in [3.63, 3.8) is 0 Å². The topological polar surface area (TPSA) is 51.2 Å². The Morgan fingerprint density at radius 2 is 1.72 bits per heavy atom. The maximum atomic E-state index is 12.4. The van der Waals surface area contributed by atoms with E-state index in [2.05, 4.69) is 15.0 Å². The highest BCUT2D eigenvalue weighted by Crippen LogP contribution is 2.28. The van der Waals surface area contributed by atoms with Gasteiger partial charge in [-0.15, -0.1) is 24.5 Å². The van der Waals surface area contributed by atoms with Gasteiger partial charge in [-0.1, -0.05) is 42.5 Å². The molecule has 0 aliphatic rings. The first-order valence-electron chi connectivity index (χ1n) is 7.09. The number of alkyl halides is 3. The second kappa shape index (κ2) is 6.94. The Kier molecular flexibility index (Phi) is 4.71. The molecule has 0 spiro atoms. The second-order valence-corrected chi connectivity index (χ2v) is 5.76. The lowest BCUT2D eigenvalue weighted by atomic mass is 10.2. The van der Waals surface area contributed by atoms with E-state index in [1.807, 2.05) is 30.3 Å². The standard InChI is InChI=1S/C17H11F3N2O2S/c18-17(19,20)24-14-9-5-4-8-12(14)15(23)22-16-21-13(10-25-16)11-6-2-1-3-7-11/h1-10H,(H,21,22,23). The number of rotatable bonds is 4. The molecule has 2 aromatic carbocycles. The molecule has 25 heavy (non-hydrogen) atoms. The molecular formula is C17H11F3N2O2S. The summed E-state index contributed by atoms with van der Waals surface area (Å²) in [5.74, 6) is -1.29. The molecule has 0 unspecified atom stereocenters. The average molecular weight is 364 g/mol. The van der Waals surface area contributed by atoms with E-state index in [9.17, 15) is 18.0 Å². The largest absolute Gasteiger partial charge is 0.573 e. The number of nitrogens with zero attached hydrogens (tertiary/aromatic N) is 1. The number of halogens is 3. The summed E-state index contributed by atoms with van der Waals surface area (Å²) in [5, 5.41) is 4.53. The van der Waals surface area contributed by atoms with Gasteiger partial charge in [0.15, 0.2) is 5.13 Å². The van der Waals surface area contributed by atoms with E-state index in [4.69, 9.17) is 0 Å². The number of hydrogen-bond donors (Lipinski definition) is 1. The fourth-order valence-electron chi connectivity index (χ4n) is 2.11. The van der Waals surface area contributed by atoms with E-state index < -0.39 is 18.0 Å². The summed E-state index contributed by atoms with van der Waals surface area (Å²) in [5.41, 5.74) is 1.32. The van der Waals surface area contributed by atoms with Gasteiger partial charge >= 0.3 is 6.36 Å². The van der Waals surface area contributed by atoms with Crippen molar-refractivity contribution in [1.29, 1.82) is 0 Å². The highest BCUT2D eigenvalue weighted by Gasteiger charge is 2.32. The van der Waals surface area contributed by atoms with Crippen molar-refractivity contribution in [2.24, 2.45) is 0 Å². The van der Waals surface area contributed by atoms with Gasteiger partial charge < -0.3 is 4.74 Å². The number of para-hydroxylation sites is 1. The molecule has 0 atom stereocenters. The minimum atomic E-state index is -4.88. The van der Waals surface area contributed by atoms with Crippen LogP contribution in [0.4, 0.5) is 18.3 Å². The maximum absolute atomic E-state index is 12.4. The van der Waals surface area contributed by atoms with Crippen LogP contribution >= 0.6 is 11.3 Å². The average Bonchev–Trinajstić information content (AvgIpc) is 3.03. The lowest BCUT2D eigenvalue weighted by molar-refractivity contribution is -0.274. The molecule has 128 valence electrons. The molecule has 0 bridgehead atoms. The summed E-state index contributed by atoms with van der Waals surface area (Å²) in [6.45, 7) is 0. The molecule has 1 aromatic heterocycles. The highest BCUT2D eigenvalue weighted by molar-refractivity contribution is 7.14. The third-order valence-corrected chi connectivity index (χ3v) is 3.91. The number of carbonyl (C=O) groups excluding carboxylic acids is 1. The number of amides is 1. The van der Waals surface area contributed by atoms with Crippen LogP contribution in [0.15, 0.2) is 60.0 Å². The molecule has 3 aromatic rings. The lowest BCUT2D eigenvalue weighted by Crippen LogP contribution is -2.20. The van der Waals surface area contributed by atoms with Gasteiger partial charge in [-0.25, -0.2) is 4.98 Å². The van der Waals surface area contributed by atoms with Crippen molar-refractivity contribution in [2.45, 2.75) is 6.36 Å². The molecule has 0 radical (unpaired) electrons. The lowest BCUT2D eigenvalue weighted by Gasteiger charge is -2.12. The molecule has 0 aliphatic carbocycles. The minimum Gasteiger partial charge on any atom is -0.405 e. The zero-order chi connectivity index (χ0) is 17.9. The van der Waals surface area contributed by atoms with Crippen molar-refractivity contribution in [3.8, 4) is 17.0 Å². The van der Waals surface area contributed by atoms with Crippen LogP contribution in [0.3, 0.4) is 0 Å². The summed E-state index contributed by atoms with van der Waals surface area (Å²) in [6, 6.07) is 14.5. The molecule has 1 heterocycles. The molecule has 0 saturated carbocycles. The Balaban J connectivity index is 1.79. The van der Waals surface area contributed by atoms with Crippen molar-refractivity contribution in [1.82, 2.24) is 4.98 Å². The SMILES string of the molecule is O=C(Nc1nc(-c2ccccc2)cs1)c1ccccc1OC(F)(F)F. The number of benzene rings is 2. The van der Waals surface area contributed by atoms with Crippen LogP contribution in [0.2, 0.25) is 0 Å². The number of aromatic nitrogens is 1. The van der Waals surface area contributed by atoms with E-state index in [0.29, 0.717) is 5.69 Å². The molecule has 0 saturated heterocycles. The van der Waals surface area contributed by atoms with Gasteiger partial charge in [0.25, 0.3) is 5.91 Å². The predicted molar refractivity (Wildman–Crippen MR) is 88.6 cm³/mol. The van der Waals surface area contributed by atoms with Crippen molar-refractivity contribution in [2.75, 3.05) is 5.32 Å². The summed E-state index contributed by atoms with van der Waals surface area (Å²) in [6.07, 6.45) is -4.88. The van der Waals surface area contributed by atoms with E-state index >= 15 is 0 Å². The van der Waals surface area contributed by atoms with E-state index in [0.717, 1.165) is 11.6 Å². The molecule has 3 rings (SSSR count). The Bertz CT molecular complexity index is 879. The normalized spacial score (nSPS) is 11.2. The van der Waals surface area contributed by atoms with Gasteiger partial charge in [-0.2, -0.15) is 0 Å². The molecular weight excluding hydrogens is 353 g/mol. The van der Waals surface area contributed by atoms with E-state index in [1.165, 1.54) is 29.5 Å². The van der Waals surface area contributed by atoms with Gasteiger partial charge in [-0.05, 0) is 12.1 Å². The minimum absolute atomic E-state index is 0.226. The Labute approximate surface area is 144 Å². The Morgan fingerprint density at radius 1 is 1.04 bits per heavy atom. The zero-order valence-corrected chi connectivity index (χ0v) is 13.4.